The lowest BCUT2D eigenvalue weighted by Gasteiger charge is -2.21. The Morgan fingerprint density at radius 3 is 2.50 bits per heavy atom. The number of aliphatic imine (C=N–C) groups is 1. The van der Waals surface area contributed by atoms with Crippen molar-refractivity contribution >= 4 is 35.9 Å². The number of nitrogens with one attached hydrogen (secondary N) is 1. The maximum absolute atomic E-state index is 12.0. The fraction of sp³-hybridized carbons (Fsp3) is 0.636. The monoisotopic (exact) mass is 533 g/mol. The third-order valence-electron chi connectivity index (χ3n) is 5.02. The van der Waals surface area contributed by atoms with Crippen molar-refractivity contribution < 1.29 is 19.0 Å². The van der Waals surface area contributed by atoms with Crippen molar-refractivity contribution in [2.24, 2.45) is 16.8 Å². The molecule has 170 valence electrons. The number of carbonyl (C=O) groups excluding carboxylic acids is 1. The number of guanidine groups is 1. The van der Waals surface area contributed by atoms with Crippen molar-refractivity contribution in [3.63, 3.8) is 0 Å². The van der Waals surface area contributed by atoms with Gasteiger partial charge in [-0.2, -0.15) is 0 Å². The number of benzene rings is 1. The zero-order chi connectivity index (χ0) is 21.2. The molecule has 0 saturated carbocycles. The normalized spacial score (nSPS) is 18.6. The number of esters is 1. The smallest absolute Gasteiger partial charge is 0.310 e. The first-order valence-electron chi connectivity index (χ1n) is 10.5. The van der Waals surface area contributed by atoms with Gasteiger partial charge in [-0.3, -0.25) is 9.79 Å². The topological polar surface area (TPSA) is 72.4 Å². The number of methoxy groups -OCH3 is 1. The van der Waals surface area contributed by atoms with Gasteiger partial charge in [-0.05, 0) is 50.8 Å². The van der Waals surface area contributed by atoms with Gasteiger partial charge < -0.3 is 24.4 Å². The first-order valence-corrected chi connectivity index (χ1v) is 10.5. The fourth-order valence-corrected chi connectivity index (χ4v) is 3.57. The molecule has 0 radical (unpaired) electrons. The molecule has 1 heterocycles. The zero-order valence-electron chi connectivity index (χ0n) is 18.8. The van der Waals surface area contributed by atoms with Crippen LogP contribution in [0.2, 0.25) is 0 Å². The Morgan fingerprint density at radius 1 is 1.17 bits per heavy atom. The summed E-state index contributed by atoms with van der Waals surface area (Å²) < 4.78 is 16.3. The molecule has 2 rings (SSSR count). The third kappa shape index (κ3) is 7.21. The van der Waals surface area contributed by atoms with Crippen LogP contribution < -0.4 is 14.8 Å². The Morgan fingerprint density at radius 2 is 1.87 bits per heavy atom. The third-order valence-corrected chi connectivity index (χ3v) is 5.02. The summed E-state index contributed by atoms with van der Waals surface area (Å²) in [4.78, 5) is 18.9. The molecule has 8 heteroatoms. The molecular formula is C22H36IN3O4. The number of hydrogen-bond donors (Lipinski definition) is 1. The van der Waals surface area contributed by atoms with E-state index in [0.29, 0.717) is 26.3 Å². The number of rotatable bonds is 9. The summed E-state index contributed by atoms with van der Waals surface area (Å²) >= 11 is 0. The van der Waals surface area contributed by atoms with Crippen LogP contribution in [0.5, 0.6) is 11.5 Å². The van der Waals surface area contributed by atoms with Crippen LogP contribution in [0.15, 0.2) is 23.2 Å². The zero-order valence-corrected chi connectivity index (χ0v) is 21.1. The van der Waals surface area contributed by atoms with Crippen LogP contribution in [0.3, 0.4) is 0 Å². The van der Waals surface area contributed by atoms with E-state index in [1.807, 2.05) is 32.9 Å². The number of carbonyl (C=O) groups is 1. The molecule has 7 nitrogen and oxygen atoms in total. The Labute approximate surface area is 197 Å². The molecule has 0 spiro atoms. The minimum Gasteiger partial charge on any atom is -0.490 e. The summed E-state index contributed by atoms with van der Waals surface area (Å²) in [6, 6.07) is 6.05. The average molecular weight is 533 g/mol. The van der Waals surface area contributed by atoms with Crippen molar-refractivity contribution in [3.05, 3.63) is 23.8 Å². The van der Waals surface area contributed by atoms with Gasteiger partial charge >= 0.3 is 5.97 Å². The highest BCUT2D eigenvalue weighted by molar-refractivity contribution is 14.0. The van der Waals surface area contributed by atoms with Crippen LogP contribution in [-0.2, 0) is 16.0 Å². The second kappa shape index (κ2) is 13.6. The molecule has 0 aromatic heterocycles. The van der Waals surface area contributed by atoms with Crippen LogP contribution >= 0.6 is 24.0 Å². The predicted molar refractivity (Wildman–Crippen MR) is 130 cm³/mol. The van der Waals surface area contributed by atoms with E-state index in [9.17, 15) is 4.79 Å². The Bertz CT molecular complexity index is 699. The number of likely N-dealkylation sites (tertiary alicyclic amines) is 1. The SMILES string of the molecule is CCNC(=NCCc1ccc(OCC)c(OCC)c1)N1CC(C)C(C(=O)OC)C1.I. The summed E-state index contributed by atoms with van der Waals surface area (Å²) in [5, 5.41) is 3.35. The van der Waals surface area contributed by atoms with Gasteiger partial charge in [-0.15, -0.1) is 24.0 Å². The maximum atomic E-state index is 12.0. The predicted octanol–water partition coefficient (Wildman–Crippen LogP) is 3.35. The van der Waals surface area contributed by atoms with Crippen LogP contribution in [0.1, 0.15) is 33.3 Å². The molecule has 1 fully saturated rings. The second-order valence-electron chi connectivity index (χ2n) is 7.14. The molecule has 2 atom stereocenters. The molecule has 1 saturated heterocycles. The van der Waals surface area contributed by atoms with Crippen LogP contribution in [-0.4, -0.2) is 63.3 Å². The van der Waals surface area contributed by atoms with Crippen LogP contribution in [0.4, 0.5) is 0 Å². The largest absolute Gasteiger partial charge is 0.490 e. The lowest BCUT2D eigenvalue weighted by Crippen LogP contribution is -2.40. The van der Waals surface area contributed by atoms with Gasteiger partial charge in [0.2, 0.25) is 0 Å². The summed E-state index contributed by atoms with van der Waals surface area (Å²) in [6.07, 6.45) is 0.797. The number of halogens is 1. The van der Waals surface area contributed by atoms with Crippen molar-refractivity contribution in [1.29, 1.82) is 0 Å². The van der Waals surface area contributed by atoms with E-state index in [1.54, 1.807) is 0 Å². The van der Waals surface area contributed by atoms with Crippen LogP contribution in [0, 0.1) is 11.8 Å². The standard InChI is InChI=1S/C22H35N3O4.HI/c1-6-23-22(25-14-16(4)18(15-25)21(26)27-5)24-12-11-17-9-10-19(28-7-2)20(13-17)29-8-3;/h9-10,13,16,18H,6-8,11-12,14-15H2,1-5H3,(H,23,24);1H. The molecule has 30 heavy (non-hydrogen) atoms. The van der Waals surface area contributed by atoms with Gasteiger partial charge in [0.15, 0.2) is 17.5 Å². The highest BCUT2D eigenvalue weighted by Crippen LogP contribution is 2.29. The van der Waals surface area contributed by atoms with E-state index in [1.165, 1.54) is 7.11 Å². The van der Waals surface area contributed by atoms with E-state index >= 15 is 0 Å². The first-order chi connectivity index (χ1) is 14.0. The van der Waals surface area contributed by atoms with Gasteiger partial charge in [0.05, 0.1) is 26.2 Å². The van der Waals surface area contributed by atoms with Gasteiger partial charge in [0.1, 0.15) is 0 Å². The molecule has 0 bridgehead atoms. The highest BCUT2D eigenvalue weighted by atomic mass is 127. The summed E-state index contributed by atoms with van der Waals surface area (Å²) in [6.45, 7) is 12.1. The lowest BCUT2D eigenvalue weighted by molar-refractivity contribution is -0.145. The molecule has 1 aromatic rings. The van der Waals surface area contributed by atoms with E-state index in [2.05, 4.69) is 23.2 Å². The molecule has 0 aliphatic carbocycles. The Hall–Kier alpha value is -1.71. The molecule has 1 aromatic carbocycles. The van der Waals surface area contributed by atoms with E-state index in [4.69, 9.17) is 19.2 Å². The van der Waals surface area contributed by atoms with Gasteiger partial charge in [-0.25, -0.2) is 0 Å². The number of hydrogen-bond acceptors (Lipinski definition) is 5. The Kier molecular flexibility index (Phi) is 11.9. The van der Waals surface area contributed by atoms with Crippen molar-refractivity contribution in [1.82, 2.24) is 10.2 Å². The first kappa shape index (κ1) is 26.3. The maximum Gasteiger partial charge on any atom is 0.310 e. The quantitative estimate of drug-likeness (QED) is 0.227. The second-order valence-corrected chi connectivity index (χ2v) is 7.14. The fourth-order valence-electron chi connectivity index (χ4n) is 3.57. The summed E-state index contributed by atoms with van der Waals surface area (Å²) in [5.41, 5.74) is 1.15. The summed E-state index contributed by atoms with van der Waals surface area (Å²) in [5.74, 6) is 2.39. The molecule has 1 aliphatic rings. The average Bonchev–Trinajstić information content (AvgIpc) is 3.10. The molecular weight excluding hydrogens is 497 g/mol. The molecule has 1 N–H and O–H groups in total. The van der Waals surface area contributed by atoms with Crippen LogP contribution in [0.25, 0.3) is 0 Å². The number of nitrogens with zero attached hydrogens (tertiary/aromatic N) is 2. The Balaban J connectivity index is 0.00000450. The lowest BCUT2D eigenvalue weighted by atomic mass is 9.99. The van der Waals surface area contributed by atoms with Crippen molar-refractivity contribution in [3.8, 4) is 11.5 Å². The van der Waals surface area contributed by atoms with Gasteiger partial charge in [0.25, 0.3) is 0 Å². The van der Waals surface area contributed by atoms with E-state index in [0.717, 1.165) is 42.5 Å². The molecule has 2 unspecified atom stereocenters. The van der Waals surface area contributed by atoms with E-state index < -0.39 is 0 Å². The minimum absolute atomic E-state index is 0. The van der Waals surface area contributed by atoms with Crippen molar-refractivity contribution in [2.45, 2.75) is 34.1 Å². The number of ether oxygens (including phenoxy) is 3. The highest BCUT2D eigenvalue weighted by Gasteiger charge is 2.36. The molecule has 0 amide bonds. The van der Waals surface area contributed by atoms with Crippen molar-refractivity contribution in [2.75, 3.05) is 46.5 Å². The van der Waals surface area contributed by atoms with Gasteiger partial charge in [-0.1, -0.05) is 13.0 Å². The van der Waals surface area contributed by atoms with Gasteiger partial charge in [0, 0.05) is 26.2 Å². The minimum atomic E-state index is -0.145. The molecule has 1 aliphatic heterocycles. The summed E-state index contributed by atoms with van der Waals surface area (Å²) in [7, 11) is 1.45. The van der Waals surface area contributed by atoms with E-state index in [-0.39, 0.29) is 41.8 Å².